The van der Waals surface area contributed by atoms with Gasteiger partial charge in [0, 0.05) is 30.7 Å². The Morgan fingerprint density at radius 3 is 2.67 bits per heavy atom. The number of pyridine rings is 1. The largest absolute Gasteiger partial charge is 0.497 e. The van der Waals surface area contributed by atoms with Crippen LogP contribution in [-0.4, -0.2) is 35.6 Å². The van der Waals surface area contributed by atoms with E-state index in [-0.39, 0.29) is 36.9 Å². The van der Waals surface area contributed by atoms with E-state index in [1.165, 1.54) is 12.0 Å². The van der Waals surface area contributed by atoms with Crippen LogP contribution >= 0.6 is 24.8 Å². The lowest BCUT2D eigenvalue weighted by Gasteiger charge is -2.36. The Bertz CT molecular complexity index is 683. The van der Waals surface area contributed by atoms with Crippen molar-refractivity contribution in [1.82, 2.24) is 9.88 Å². The van der Waals surface area contributed by atoms with Gasteiger partial charge in [0.1, 0.15) is 5.75 Å². The fraction of sp³-hybridized carbons (Fsp3) is 0.400. The minimum absolute atomic E-state index is 0. The molecule has 27 heavy (non-hydrogen) atoms. The zero-order valence-electron chi connectivity index (χ0n) is 15.5. The molecule has 0 radical (unpaired) electrons. The van der Waals surface area contributed by atoms with Gasteiger partial charge in [0.2, 0.25) is 0 Å². The summed E-state index contributed by atoms with van der Waals surface area (Å²) in [7, 11) is 1.63. The molecule has 0 spiro atoms. The highest BCUT2D eigenvalue weighted by molar-refractivity contribution is 5.89. The number of benzene rings is 1. The van der Waals surface area contributed by atoms with Crippen molar-refractivity contribution in [2.45, 2.75) is 38.1 Å². The van der Waals surface area contributed by atoms with Crippen molar-refractivity contribution in [3.8, 4) is 5.75 Å². The van der Waals surface area contributed by atoms with Crippen LogP contribution in [-0.2, 0) is 6.42 Å². The third-order valence-electron chi connectivity index (χ3n) is 4.72. The monoisotopic (exact) mass is 411 g/mol. The van der Waals surface area contributed by atoms with E-state index in [4.69, 9.17) is 4.74 Å². The quantitative estimate of drug-likeness (QED) is 0.756. The lowest BCUT2D eigenvalue weighted by atomic mass is 9.96. The molecule has 2 heterocycles. The Morgan fingerprint density at radius 2 is 2.00 bits per heavy atom. The maximum atomic E-state index is 12.7. The molecule has 148 valence electrons. The summed E-state index contributed by atoms with van der Waals surface area (Å²) < 4.78 is 5.15. The summed E-state index contributed by atoms with van der Waals surface area (Å²) in [5, 5.41) is 3.01. The van der Waals surface area contributed by atoms with Crippen LogP contribution in [0, 0.1) is 0 Å². The first-order valence-corrected chi connectivity index (χ1v) is 8.87. The number of piperidine rings is 1. The number of amides is 2. The van der Waals surface area contributed by atoms with Gasteiger partial charge in [-0.2, -0.15) is 0 Å². The Morgan fingerprint density at radius 1 is 1.22 bits per heavy atom. The summed E-state index contributed by atoms with van der Waals surface area (Å²) in [4.78, 5) is 18.9. The molecule has 1 atom stereocenters. The average Bonchev–Trinajstić information content (AvgIpc) is 2.68. The molecule has 1 aliphatic rings. The molecule has 1 aromatic heterocycles. The smallest absolute Gasteiger partial charge is 0.322 e. The van der Waals surface area contributed by atoms with Gasteiger partial charge in [-0.1, -0.05) is 6.07 Å². The van der Waals surface area contributed by atoms with Crippen molar-refractivity contribution in [3.63, 3.8) is 0 Å². The number of aromatic nitrogens is 1. The van der Waals surface area contributed by atoms with E-state index in [1.54, 1.807) is 13.3 Å². The number of carbonyl (C=O) groups is 1. The molecule has 1 unspecified atom stereocenters. The number of methoxy groups -OCH3 is 1. The predicted octanol–water partition coefficient (Wildman–Crippen LogP) is 4.95. The minimum Gasteiger partial charge on any atom is -0.497 e. The zero-order valence-corrected chi connectivity index (χ0v) is 17.1. The number of aryl methyl sites for hydroxylation is 1. The van der Waals surface area contributed by atoms with Crippen molar-refractivity contribution in [1.29, 1.82) is 0 Å². The van der Waals surface area contributed by atoms with E-state index in [0.29, 0.717) is 0 Å². The van der Waals surface area contributed by atoms with E-state index in [0.717, 1.165) is 43.7 Å². The van der Waals surface area contributed by atoms with Gasteiger partial charge in [0.25, 0.3) is 0 Å². The molecular weight excluding hydrogens is 385 g/mol. The molecule has 1 aliphatic heterocycles. The fourth-order valence-corrected chi connectivity index (χ4v) is 3.32. The van der Waals surface area contributed by atoms with Gasteiger partial charge in [-0.05, 0) is 68.0 Å². The van der Waals surface area contributed by atoms with E-state index >= 15 is 0 Å². The van der Waals surface area contributed by atoms with Gasteiger partial charge in [-0.15, -0.1) is 24.8 Å². The summed E-state index contributed by atoms with van der Waals surface area (Å²) in [6, 6.07) is 11.8. The van der Waals surface area contributed by atoms with Crippen LogP contribution in [0.5, 0.6) is 5.75 Å². The maximum Gasteiger partial charge on any atom is 0.322 e. The van der Waals surface area contributed by atoms with Gasteiger partial charge in [0.15, 0.2) is 0 Å². The lowest BCUT2D eigenvalue weighted by Crippen LogP contribution is -2.46. The maximum absolute atomic E-state index is 12.7. The molecule has 0 bridgehead atoms. The Balaban J connectivity index is 0.00000182. The number of ether oxygens (including phenoxy) is 1. The molecule has 2 aromatic rings. The first-order valence-electron chi connectivity index (χ1n) is 8.87. The summed E-state index contributed by atoms with van der Waals surface area (Å²) in [6.07, 6.45) is 8.94. The number of halogens is 2. The molecule has 1 aromatic carbocycles. The van der Waals surface area contributed by atoms with Gasteiger partial charge in [0.05, 0.1) is 7.11 Å². The van der Waals surface area contributed by atoms with Gasteiger partial charge < -0.3 is 15.0 Å². The molecule has 0 saturated carbocycles. The molecule has 7 heteroatoms. The normalized spacial score (nSPS) is 15.9. The molecular formula is C20H27Cl2N3O2. The zero-order chi connectivity index (χ0) is 17.5. The summed E-state index contributed by atoms with van der Waals surface area (Å²) >= 11 is 0. The SMILES string of the molecule is COc1ccc(NC(=O)N2CCCCC2CCc2cccnc2)cc1.Cl.Cl. The van der Waals surface area contributed by atoms with E-state index < -0.39 is 0 Å². The van der Waals surface area contributed by atoms with E-state index in [9.17, 15) is 4.79 Å². The number of anilines is 1. The van der Waals surface area contributed by atoms with Gasteiger partial charge in [-0.25, -0.2) is 4.79 Å². The van der Waals surface area contributed by atoms with Crippen LogP contribution in [0.1, 0.15) is 31.2 Å². The highest BCUT2D eigenvalue weighted by Gasteiger charge is 2.26. The van der Waals surface area contributed by atoms with Crippen LogP contribution in [0.4, 0.5) is 10.5 Å². The number of rotatable bonds is 5. The molecule has 0 aliphatic carbocycles. The summed E-state index contributed by atoms with van der Waals surface area (Å²) in [6.45, 7) is 0.819. The van der Waals surface area contributed by atoms with E-state index in [2.05, 4.69) is 16.4 Å². The van der Waals surface area contributed by atoms with Crippen molar-refractivity contribution in [2.24, 2.45) is 0 Å². The number of likely N-dealkylation sites (tertiary alicyclic amines) is 1. The fourth-order valence-electron chi connectivity index (χ4n) is 3.32. The van der Waals surface area contributed by atoms with Crippen molar-refractivity contribution < 1.29 is 9.53 Å². The molecule has 3 rings (SSSR count). The second-order valence-corrected chi connectivity index (χ2v) is 6.40. The predicted molar refractivity (Wildman–Crippen MR) is 113 cm³/mol. The first-order chi connectivity index (χ1) is 12.3. The van der Waals surface area contributed by atoms with Crippen LogP contribution in [0.3, 0.4) is 0 Å². The topological polar surface area (TPSA) is 54.5 Å². The minimum atomic E-state index is -0.0129. The third-order valence-corrected chi connectivity index (χ3v) is 4.72. The number of nitrogens with zero attached hydrogens (tertiary/aromatic N) is 2. The van der Waals surface area contributed by atoms with Crippen molar-refractivity contribution >= 4 is 36.5 Å². The van der Waals surface area contributed by atoms with Crippen molar-refractivity contribution in [3.05, 3.63) is 54.4 Å². The van der Waals surface area contributed by atoms with Crippen LogP contribution < -0.4 is 10.1 Å². The summed E-state index contributed by atoms with van der Waals surface area (Å²) in [5.41, 5.74) is 2.02. The molecule has 1 saturated heterocycles. The van der Waals surface area contributed by atoms with Crippen LogP contribution in [0.2, 0.25) is 0 Å². The highest BCUT2D eigenvalue weighted by Crippen LogP contribution is 2.23. The molecule has 1 fully saturated rings. The van der Waals surface area contributed by atoms with Crippen LogP contribution in [0.25, 0.3) is 0 Å². The first kappa shape index (κ1) is 23.1. The van der Waals surface area contributed by atoms with Gasteiger partial charge in [-0.3, -0.25) is 4.98 Å². The molecule has 2 amide bonds. The lowest BCUT2D eigenvalue weighted by molar-refractivity contribution is 0.158. The number of urea groups is 1. The van der Waals surface area contributed by atoms with Crippen LogP contribution in [0.15, 0.2) is 48.8 Å². The molecule has 5 nitrogen and oxygen atoms in total. The molecule has 1 N–H and O–H groups in total. The van der Waals surface area contributed by atoms with E-state index in [1.807, 2.05) is 41.4 Å². The Hall–Kier alpha value is -1.98. The number of nitrogens with one attached hydrogen (secondary N) is 1. The van der Waals surface area contributed by atoms with Gasteiger partial charge >= 0.3 is 6.03 Å². The number of carbonyl (C=O) groups excluding carboxylic acids is 1. The highest BCUT2D eigenvalue weighted by atomic mass is 35.5. The number of hydrogen-bond donors (Lipinski definition) is 1. The standard InChI is InChI=1S/C20H25N3O2.2ClH/c1-25-19-11-8-17(9-12-19)22-20(24)23-14-3-2-6-18(23)10-7-16-5-4-13-21-15-16;;/h4-5,8-9,11-13,15,18H,2-3,6-7,10,14H2,1H3,(H,22,24);2*1H. The Labute approximate surface area is 173 Å². The Kier molecular flexibility index (Phi) is 9.97. The third kappa shape index (κ3) is 6.60. The average molecular weight is 412 g/mol. The number of hydrogen-bond acceptors (Lipinski definition) is 3. The summed E-state index contributed by atoms with van der Waals surface area (Å²) in [5.74, 6) is 0.783. The second-order valence-electron chi connectivity index (χ2n) is 6.40. The second kappa shape index (κ2) is 11.7. The van der Waals surface area contributed by atoms with Crippen molar-refractivity contribution in [2.75, 3.05) is 19.0 Å².